The molecule has 0 aliphatic rings. The zero-order valence-electron chi connectivity index (χ0n) is 21.5. The van der Waals surface area contributed by atoms with Gasteiger partial charge >= 0.3 is 23.9 Å². The normalized spacial score (nSPS) is 10.0. The summed E-state index contributed by atoms with van der Waals surface area (Å²) >= 11 is 0. The predicted octanol–water partition coefficient (Wildman–Crippen LogP) is 4.84. The van der Waals surface area contributed by atoms with Gasteiger partial charge in [0, 0.05) is 33.4 Å². The maximum absolute atomic E-state index is 13.3. The van der Waals surface area contributed by atoms with Gasteiger partial charge in [0.1, 0.15) is 0 Å². The zero-order chi connectivity index (χ0) is 28.7. The third-order valence-corrected chi connectivity index (χ3v) is 4.62. The second kappa shape index (κ2) is 12.3. The Morgan fingerprint density at radius 2 is 0.737 bits per heavy atom. The highest BCUT2D eigenvalue weighted by Gasteiger charge is 2.21. The first-order chi connectivity index (χ1) is 17.7. The lowest BCUT2D eigenvalue weighted by Gasteiger charge is -2.14. The van der Waals surface area contributed by atoms with Crippen molar-refractivity contribution in [3.63, 3.8) is 0 Å². The largest absolute Gasteiger partial charge is 0.419 e. The number of carbonyl (C=O) groups is 5. The third kappa shape index (κ3) is 7.47. The first kappa shape index (κ1) is 29.2. The molecule has 0 aromatic heterocycles. The van der Waals surface area contributed by atoms with E-state index in [1.807, 2.05) is 0 Å². The van der Waals surface area contributed by atoms with Gasteiger partial charge in [-0.05, 0) is 64.1 Å². The van der Waals surface area contributed by atoms with Crippen LogP contribution in [0, 0.1) is 0 Å². The van der Waals surface area contributed by atoms with E-state index in [2.05, 4.69) is 26.3 Å². The zero-order valence-corrected chi connectivity index (χ0v) is 21.5. The van der Waals surface area contributed by atoms with Crippen molar-refractivity contribution in [2.75, 3.05) is 0 Å². The molecule has 0 spiro atoms. The number of ether oxygens (including phenoxy) is 4. The fraction of sp³-hybridized carbons (Fsp3) is 0.138. The van der Waals surface area contributed by atoms with Crippen molar-refractivity contribution in [1.82, 2.24) is 0 Å². The van der Waals surface area contributed by atoms with Crippen LogP contribution >= 0.6 is 0 Å². The summed E-state index contributed by atoms with van der Waals surface area (Å²) in [5, 5.41) is 0. The van der Waals surface area contributed by atoms with Gasteiger partial charge in [-0.25, -0.2) is 19.2 Å². The van der Waals surface area contributed by atoms with Crippen LogP contribution in [-0.4, -0.2) is 29.7 Å². The van der Waals surface area contributed by atoms with E-state index in [0.29, 0.717) is 0 Å². The van der Waals surface area contributed by atoms with E-state index in [4.69, 9.17) is 18.9 Å². The van der Waals surface area contributed by atoms with E-state index in [1.165, 1.54) is 64.1 Å². The molecular weight excluding hydrogens is 492 g/mol. The van der Waals surface area contributed by atoms with Crippen LogP contribution in [0.5, 0.6) is 23.0 Å². The summed E-state index contributed by atoms with van der Waals surface area (Å²) in [6.45, 7) is 19.7. The molecule has 0 saturated heterocycles. The van der Waals surface area contributed by atoms with Crippen LogP contribution in [0.1, 0.15) is 43.6 Å². The van der Waals surface area contributed by atoms with E-state index in [-0.39, 0.29) is 56.4 Å². The Balaban J connectivity index is 2.54. The lowest BCUT2D eigenvalue weighted by molar-refractivity contribution is -0.132. The summed E-state index contributed by atoms with van der Waals surface area (Å²) in [5.74, 6) is -4.38. The van der Waals surface area contributed by atoms with Crippen LogP contribution < -0.4 is 18.9 Å². The summed E-state index contributed by atoms with van der Waals surface area (Å²) in [4.78, 5) is 61.6. The second-order valence-electron chi connectivity index (χ2n) is 8.33. The van der Waals surface area contributed by atoms with Gasteiger partial charge < -0.3 is 18.9 Å². The highest BCUT2D eigenvalue weighted by Crippen LogP contribution is 2.33. The third-order valence-electron chi connectivity index (χ3n) is 4.62. The first-order valence-electron chi connectivity index (χ1n) is 11.0. The number of rotatable bonds is 10. The average molecular weight is 519 g/mol. The molecule has 2 aromatic rings. The summed E-state index contributed by atoms with van der Waals surface area (Å²) in [7, 11) is 0. The van der Waals surface area contributed by atoms with Gasteiger partial charge in [0.15, 0.2) is 28.8 Å². The van der Waals surface area contributed by atoms with Gasteiger partial charge in [-0.3, -0.25) is 4.79 Å². The molecule has 9 nitrogen and oxygen atoms in total. The van der Waals surface area contributed by atoms with Crippen LogP contribution in [0.3, 0.4) is 0 Å². The summed E-state index contributed by atoms with van der Waals surface area (Å²) in [6.07, 6.45) is 0. The standard InChI is InChI=1S/C29H26O9/c1-15(2)26(31)35-21-11-9-19(13-23(21)37-28(33)17(5)6)25(30)20-10-12-22(36-27(32)16(3)4)24(14-20)38-29(34)18(7)8/h9-14H,1,3,5,7H2,2,4,6,8H3. The molecule has 0 fully saturated rings. The Bertz CT molecular complexity index is 1300. The van der Waals surface area contributed by atoms with Gasteiger partial charge in [0.25, 0.3) is 0 Å². The molecule has 0 saturated carbocycles. The van der Waals surface area contributed by atoms with Gasteiger partial charge in [-0.15, -0.1) is 0 Å². The highest BCUT2D eigenvalue weighted by molar-refractivity contribution is 6.10. The Labute approximate surface area is 219 Å². The van der Waals surface area contributed by atoms with Crippen LogP contribution in [0.2, 0.25) is 0 Å². The Kier molecular flexibility index (Phi) is 9.42. The van der Waals surface area contributed by atoms with Crippen molar-refractivity contribution in [2.24, 2.45) is 0 Å². The van der Waals surface area contributed by atoms with Gasteiger partial charge in [-0.1, -0.05) is 26.3 Å². The Morgan fingerprint density at radius 3 is 1.00 bits per heavy atom. The maximum atomic E-state index is 13.3. The van der Waals surface area contributed by atoms with E-state index in [1.54, 1.807) is 0 Å². The molecule has 9 heteroatoms. The molecule has 2 rings (SSSR count). The monoisotopic (exact) mass is 518 g/mol. The van der Waals surface area contributed by atoms with Gasteiger partial charge in [0.2, 0.25) is 0 Å². The minimum atomic E-state index is -0.806. The van der Waals surface area contributed by atoms with E-state index >= 15 is 0 Å². The van der Waals surface area contributed by atoms with E-state index < -0.39 is 29.7 Å². The molecule has 38 heavy (non-hydrogen) atoms. The highest BCUT2D eigenvalue weighted by atomic mass is 16.6. The summed E-state index contributed by atoms with van der Waals surface area (Å²) < 4.78 is 20.9. The Morgan fingerprint density at radius 1 is 0.474 bits per heavy atom. The number of esters is 4. The van der Waals surface area contributed by atoms with Crippen molar-refractivity contribution in [3.8, 4) is 23.0 Å². The van der Waals surface area contributed by atoms with Crippen molar-refractivity contribution in [3.05, 3.63) is 96.1 Å². The first-order valence-corrected chi connectivity index (χ1v) is 11.0. The van der Waals surface area contributed by atoms with Crippen LogP contribution in [0.15, 0.2) is 85.0 Å². The van der Waals surface area contributed by atoms with Crippen molar-refractivity contribution >= 4 is 29.7 Å². The van der Waals surface area contributed by atoms with Crippen LogP contribution in [-0.2, 0) is 19.2 Å². The number of hydrogen-bond acceptors (Lipinski definition) is 9. The molecular formula is C29H26O9. The average Bonchev–Trinajstić information content (AvgIpc) is 2.84. The van der Waals surface area contributed by atoms with E-state index in [9.17, 15) is 24.0 Å². The minimum Gasteiger partial charge on any atom is -0.419 e. The fourth-order valence-electron chi connectivity index (χ4n) is 2.54. The topological polar surface area (TPSA) is 122 Å². The predicted molar refractivity (Wildman–Crippen MR) is 138 cm³/mol. The number of hydrogen-bond donors (Lipinski definition) is 0. The summed E-state index contributed by atoms with van der Waals surface area (Å²) in [5.41, 5.74) is 0.422. The van der Waals surface area contributed by atoms with Crippen molar-refractivity contribution in [1.29, 1.82) is 0 Å². The molecule has 196 valence electrons. The molecule has 2 aromatic carbocycles. The van der Waals surface area contributed by atoms with Gasteiger partial charge in [0.05, 0.1) is 0 Å². The van der Waals surface area contributed by atoms with E-state index in [0.717, 1.165) is 0 Å². The molecule has 0 unspecified atom stereocenters. The van der Waals surface area contributed by atoms with Crippen LogP contribution in [0.25, 0.3) is 0 Å². The minimum absolute atomic E-state index is 0.0356. The molecule has 0 atom stereocenters. The van der Waals surface area contributed by atoms with Crippen molar-refractivity contribution < 1.29 is 42.9 Å². The smallest absolute Gasteiger partial charge is 0.338 e. The molecule has 0 aliphatic heterocycles. The summed E-state index contributed by atoms with van der Waals surface area (Å²) in [6, 6.07) is 7.66. The molecule has 0 heterocycles. The maximum Gasteiger partial charge on any atom is 0.338 e. The number of benzene rings is 2. The molecule has 0 aliphatic carbocycles. The molecule has 0 radical (unpaired) electrons. The SMILES string of the molecule is C=C(C)C(=O)Oc1ccc(C(=O)c2ccc(OC(=O)C(=C)C)c(OC(=O)C(=C)C)c2)cc1OC(=O)C(=C)C. The number of ketones is 1. The lowest BCUT2D eigenvalue weighted by atomic mass is 10.0. The molecule has 0 amide bonds. The number of carbonyl (C=O) groups excluding carboxylic acids is 5. The second-order valence-corrected chi connectivity index (χ2v) is 8.33. The molecule has 0 N–H and O–H groups in total. The van der Waals surface area contributed by atoms with Crippen LogP contribution in [0.4, 0.5) is 0 Å². The Hall–Kier alpha value is -5.05. The van der Waals surface area contributed by atoms with Crippen molar-refractivity contribution in [2.45, 2.75) is 27.7 Å². The fourth-order valence-corrected chi connectivity index (χ4v) is 2.54. The lowest BCUT2D eigenvalue weighted by Crippen LogP contribution is -2.14. The quantitative estimate of drug-likeness (QED) is 0.188. The molecule has 0 bridgehead atoms. The van der Waals surface area contributed by atoms with Gasteiger partial charge in [-0.2, -0.15) is 0 Å².